The van der Waals surface area contributed by atoms with E-state index in [0.717, 1.165) is 12.5 Å². The number of aryl methyl sites for hydroxylation is 4. The lowest BCUT2D eigenvalue weighted by Crippen LogP contribution is -3.14. The SMILES string of the molecule is C[NH+]1[C@@H]2CC#C[C@H]1CC2.Cc1ccc([B-](c2ccc(C)cc2)(c2ccc(C)cc2)c2ccc(C)cc2)cc1. The molecule has 2 heterocycles. The van der Waals surface area contributed by atoms with E-state index >= 15 is 0 Å². The van der Waals surface area contributed by atoms with Crippen molar-refractivity contribution in [3.63, 3.8) is 0 Å². The fourth-order valence-electron chi connectivity index (χ4n) is 6.44. The molecule has 1 unspecified atom stereocenters. The van der Waals surface area contributed by atoms with Crippen LogP contribution in [0, 0.1) is 39.5 Å². The second-order valence-corrected chi connectivity index (χ2v) is 11.6. The molecule has 0 amide bonds. The Labute approximate surface area is 229 Å². The Hall–Kier alpha value is -3.54. The molecule has 6 rings (SSSR count). The third-order valence-electron chi connectivity index (χ3n) is 8.93. The summed E-state index contributed by atoms with van der Waals surface area (Å²) < 4.78 is 0. The zero-order valence-corrected chi connectivity index (χ0v) is 23.6. The maximum atomic E-state index is 3.27. The molecular weight excluding hydrogens is 457 g/mol. The molecule has 3 atom stereocenters. The first-order valence-corrected chi connectivity index (χ1v) is 14.1. The molecule has 4 aromatic rings. The van der Waals surface area contributed by atoms with Crippen LogP contribution in [0.15, 0.2) is 97.1 Å². The van der Waals surface area contributed by atoms with Crippen LogP contribution in [0.4, 0.5) is 0 Å². The van der Waals surface area contributed by atoms with Gasteiger partial charge in [0.25, 0.3) is 0 Å². The van der Waals surface area contributed by atoms with Crippen LogP contribution >= 0.6 is 0 Å². The van der Waals surface area contributed by atoms with Crippen molar-refractivity contribution in [2.24, 2.45) is 0 Å². The molecule has 38 heavy (non-hydrogen) atoms. The predicted octanol–water partition coefficient (Wildman–Crippen LogP) is 3.74. The average molecular weight is 498 g/mol. The van der Waals surface area contributed by atoms with E-state index in [0.29, 0.717) is 6.04 Å². The van der Waals surface area contributed by atoms with Gasteiger partial charge in [-0.05, 0) is 33.6 Å². The van der Waals surface area contributed by atoms with Crippen LogP contribution in [-0.2, 0) is 0 Å². The Bertz CT molecular complexity index is 1230. The summed E-state index contributed by atoms with van der Waals surface area (Å²) >= 11 is 0. The van der Waals surface area contributed by atoms with E-state index in [1.807, 2.05) is 0 Å². The van der Waals surface area contributed by atoms with Gasteiger partial charge in [0.15, 0.2) is 0 Å². The molecule has 1 nitrogen and oxygen atoms in total. The van der Waals surface area contributed by atoms with Gasteiger partial charge in [-0.3, -0.25) is 0 Å². The highest BCUT2D eigenvalue weighted by molar-refractivity contribution is 7.19. The van der Waals surface area contributed by atoms with Crippen LogP contribution in [0.5, 0.6) is 0 Å². The van der Waals surface area contributed by atoms with Crippen LogP contribution in [-0.4, -0.2) is 25.3 Å². The Balaban J connectivity index is 0.000000273. The maximum Gasteiger partial charge on any atom is 0.149 e. The normalized spacial score (nSPS) is 19.7. The standard InChI is InChI=1S/C28H28B.C8H11N/c1-21-5-13-25(14-6-21)29(26-15-7-22(2)8-16-26,27-17-9-23(3)10-18-27)28-19-11-24(4)12-20-28;1-9-7-3-2-4-8(9)6-5-7/h5-20H,1-4H3;7-8H,3,5-6H2,1H3/q-1;/p+1/t;7-,8+/m.1/s1. The molecule has 192 valence electrons. The number of hydrogen-bond donors (Lipinski definition) is 1. The van der Waals surface area contributed by atoms with E-state index in [9.17, 15) is 0 Å². The van der Waals surface area contributed by atoms with Crippen LogP contribution in [0.2, 0.25) is 0 Å². The summed E-state index contributed by atoms with van der Waals surface area (Å²) in [5.41, 5.74) is 10.6. The quantitative estimate of drug-likeness (QED) is 0.324. The number of rotatable bonds is 4. The van der Waals surface area contributed by atoms with Crippen molar-refractivity contribution in [2.75, 3.05) is 7.05 Å². The highest BCUT2D eigenvalue weighted by atomic mass is 15.2. The van der Waals surface area contributed by atoms with Gasteiger partial charge in [-0.25, -0.2) is 0 Å². The molecule has 2 bridgehead atoms. The second-order valence-electron chi connectivity index (χ2n) is 11.6. The molecule has 0 saturated carbocycles. The Kier molecular flexibility index (Phi) is 7.59. The molecule has 4 aromatic carbocycles. The topological polar surface area (TPSA) is 4.44 Å². The number of fused-ring (bicyclic) bond motifs is 2. The number of quaternary nitrogens is 1. The van der Waals surface area contributed by atoms with Gasteiger partial charge in [-0.1, -0.05) is 125 Å². The predicted molar refractivity (Wildman–Crippen MR) is 165 cm³/mol. The van der Waals surface area contributed by atoms with Crippen molar-refractivity contribution in [1.29, 1.82) is 0 Å². The van der Waals surface area contributed by atoms with Gasteiger partial charge in [0.05, 0.1) is 19.5 Å². The Morgan fingerprint density at radius 3 is 1.18 bits per heavy atom. The average Bonchev–Trinajstić information content (AvgIpc) is 3.11. The fourth-order valence-corrected chi connectivity index (χ4v) is 6.44. The van der Waals surface area contributed by atoms with Gasteiger partial charge >= 0.3 is 0 Å². The van der Waals surface area contributed by atoms with Gasteiger partial charge in [0.1, 0.15) is 12.2 Å². The summed E-state index contributed by atoms with van der Waals surface area (Å²) in [7, 11) is 2.27. The fraction of sp³-hybridized carbons (Fsp3) is 0.278. The number of benzene rings is 4. The van der Waals surface area contributed by atoms with E-state index in [-0.39, 0.29) is 0 Å². The molecule has 2 heteroatoms. The van der Waals surface area contributed by atoms with Crippen LogP contribution < -0.4 is 26.8 Å². The molecule has 1 saturated heterocycles. The molecule has 2 aliphatic rings. The molecular formula is C36H40BN. The highest BCUT2D eigenvalue weighted by Gasteiger charge is 2.35. The first kappa shape index (κ1) is 26.1. The van der Waals surface area contributed by atoms with Gasteiger partial charge in [-0.15, -0.1) is 0 Å². The minimum absolute atomic E-state index is 0.684. The zero-order valence-electron chi connectivity index (χ0n) is 23.6. The number of hydrogen-bond acceptors (Lipinski definition) is 0. The Morgan fingerprint density at radius 1 is 0.553 bits per heavy atom. The lowest BCUT2D eigenvalue weighted by Gasteiger charge is -2.44. The van der Waals surface area contributed by atoms with E-state index in [1.165, 1.54) is 56.9 Å². The number of nitrogens with one attached hydrogen (secondary N) is 1. The van der Waals surface area contributed by atoms with E-state index in [4.69, 9.17) is 0 Å². The zero-order chi connectivity index (χ0) is 26.7. The van der Waals surface area contributed by atoms with E-state index in [2.05, 4.69) is 144 Å². The first-order valence-electron chi connectivity index (χ1n) is 14.1. The third-order valence-corrected chi connectivity index (χ3v) is 8.93. The summed E-state index contributed by atoms with van der Waals surface area (Å²) in [5.74, 6) is 6.48. The minimum atomic E-state index is -1.27. The molecule has 2 aliphatic heterocycles. The van der Waals surface area contributed by atoms with Gasteiger partial charge in [0, 0.05) is 12.8 Å². The lowest BCUT2D eigenvalue weighted by molar-refractivity contribution is -0.909. The monoisotopic (exact) mass is 497 g/mol. The minimum Gasteiger partial charge on any atom is -0.322 e. The van der Waals surface area contributed by atoms with Crippen molar-refractivity contribution >= 4 is 28.0 Å². The lowest BCUT2D eigenvalue weighted by atomic mass is 9.13. The molecule has 0 aliphatic carbocycles. The largest absolute Gasteiger partial charge is 0.322 e. The third kappa shape index (κ3) is 5.09. The summed E-state index contributed by atoms with van der Waals surface area (Å²) in [5, 5.41) is 0. The highest BCUT2D eigenvalue weighted by Crippen LogP contribution is 2.13. The summed E-state index contributed by atoms with van der Waals surface area (Å²) in [4.78, 5) is 1.66. The maximum absolute atomic E-state index is 3.27. The van der Waals surface area contributed by atoms with Crippen molar-refractivity contribution in [3.05, 3.63) is 119 Å². The van der Waals surface area contributed by atoms with Gasteiger partial charge in [-0.2, -0.15) is 21.9 Å². The van der Waals surface area contributed by atoms with Crippen molar-refractivity contribution < 1.29 is 4.90 Å². The Morgan fingerprint density at radius 2 is 0.895 bits per heavy atom. The van der Waals surface area contributed by atoms with Gasteiger partial charge in [0.2, 0.25) is 0 Å². The molecule has 1 N–H and O–H groups in total. The molecule has 0 radical (unpaired) electrons. The molecule has 0 aromatic heterocycles. The van der Waals surface area contributed by atoms with E-state index < -0.39 is 6.15 Å². The molecule has 0 spiro atoms. The molecule has 1 fully saturated rings. The van der Waals surface area contributed by atoms with Gasteiger partial charge < -0.3 is 4.90 Å². The summed E-state index contributed by atoms with van der Waals surface area (Å²) in [6.45, 7) is 8.62. The first-order chi connectivity index (χ1) is 18.4. The summed E-state index contributed by atoms with van der Waals surface area (Å²) in [6.07, 6.45) is 2.59. The second kappa shape index (κ2) is 11.1. The van der Waals surface area contributed by atoms with Crippen LogP contribution in [0.1, 0.15) is 41.5 Å². The van der Waals surface area contributed by atoms with Crippen LogP contribution in [0.25, 0.3) is 0 Å². The summed E-state index contributed by atoms with van der Waals surface area (Å²) in [6, 6.07) is 38.0. The van der Waals surface area contributed by atoms with Crippen molar-refractivity contribution in [2.45, 2.75) is 59.0 Å². The van der Waals surface area contributed by atoms with E-state index in [1.54, 1.807) is 4.90 Å². The smallest absolute Gasteiger partial charge is 0.149 e. The van der Waals surface area contributed by atoms with Crippen molar-refractivity contribution in [3.8, 4) is 11.8 Å². The van der Waals surface area contributed by atoms with Crippen molar-refractivity contribution in [1.82, 2.24) is 0 Å². The van der Waals surface area contributed by atoms with Crippen LogP contribution in [0.3, 0.4) is 0 Å².